The first-order chi connectivity index (χ1) is 10.5. The highest BCUT2D eigenvalue weighted by Gasteiger charge is 2.27. The Balaban J connectivity index is 1.74. The number of aromatic nitrogens is 3. The number of rotatable bonds is 5. The van der Waals surface area contributed by atoms with Gasteiger partial charge in [-0.15, -0.1) is 21.5 Å². The first-order valence-electron chi connectivity index (χ1n) is 7.31. The molecule has 0 atom stereocenters. The van der Waals surface area contributed by atoms with Crippen LogP contribution in [0.3, 0.4) is 0 Å². The Hall–Kier alpha value is -2.01. The second kappa shape index (κ2) is 6.01. The van der Waals surface area contributed by atoms with Crippen LogP contribution >= 0.6 is 11.3 Å². The van der Waals surface area contributed by atoms with Crippen LogP contribution in [0.25, 0.3) is 0 Å². The highest BCUT2D eigenvalue weighted by atomic mass is 32.1. The van der Waals surface area contributed by atoms with Crippen LogP contribution in [0.15, 0.2) is 40.1 Å². The molecule has 2 heterocycles. The van der Waals surface area contributed by atoms with E-state index in [1.54, 1.807) is 11.3 Å². The van der Waals surface area contributed by atoms with Crippen molar-refractivity contribution in [3.8, 4) is 0 Å². The van der Waals surface area contributed by atoms with Gasteiger partial charge in [0, 0.05) is 10.8 Å². The van der Waals surface area contributed by atoms with E-state index in [1.807, 2.05) is 18.4 Å². The second-order valence-corrected chi connectivity index (χ2v) is 7.14. The fraction of sp³-hybridized carbons (Fsp3) is 0.353. The minimum Gasteiger partial charge on any atom is -0.424 e. The van der Waals surface area contributed by atoms with E-state index in [0.29, 0.717) is 18.2 Å². The Bertz CT molecular complexity index is 746. The second-order valence-electron chi connectivity index (χ2n) is 6.08. The lowest BCUT2D eigenvalue weighted by molar-refractivity contribution is 0.352. The van der Waals surface area contributed by atoms with Crippen molar-refractivity contribution in [2.24, 2.45) is 0 Å². The van der Waals surface area contributed by atoms with Gasteiger partial charge in [0.05, 0.1) is 17.1 Å². The zero-order chi connectivity index (χ0) is 15.6. The molecule has 0 spiro atoms. The number of benzene rings is 1. The Labute approximate surface area is 134 Å². The van der Waals surface area contributed by atoms with E-state index in [0.717, 1.165) is 17.1 Å². The Morgan fingerprint density at radius 1 is 1.14 bits per heavy atom. The zero-order valence-electron chi connectivity index (χ0n) is 13.0. The van der Waals surface area contributed by atoms with Gasteiger partial charge in [0.25, 0.3) is 0 Å². The molecule has 0 bridgehead atoms. The molecule has 4 nitrogen and oxygen atoms in total. The molecule has 0 unspecified atom stereocenters. The van der Waals surface area contributed by atoms with Gasteiger partial charge in [-0.3, -0.25) is 0 Å². The number of hydrogen-bond donors (Lipinski definition) is 0. The van der Waals surface area contributed by atoms with Crippen LogP contribution in [0.1, 0.15) is 41.9 Å². The fourth-order valence-corrected chi connectivity index (χ4v) is 3.04. The van der Waals surface area contributed by atoms with Crippen molar-refractivity contribution in [1.82, 2.24) is 15.2 Å². The molecule has 0 aliphatic rings. The molecular weight excluding hydrogens is 294 g/mol. The molecule has 0 aliphatic carbocycles. The van der Waals surface area contributed by atoms with Gasteiger partial charge >= 0.3 is 0 Å². The topological polar surface area (TPSA) is 51.8 Å². The van der Waals surface area contributed by atoms with Crippen LogP contribution in [-0.4, -0.2) is 15.2 Å². The van der Waals surface area contributed by atoms with Crippen molar-refractivity contribution in [3.63, 3.8) is 0 Å². The van der Waals surface area contributed by atoms with Crippen LogP contribution in [0.4, 0.5) is 0 Å². The number of nitrogens with zero attached hydrogens (tertiary/aromatic N) is 3. The van der Waals surface area contributed by atoms with E-state index in [2.05, 4.69) is 53.3 Å². The van der Waals surface area contributed by atoms with Gasteiger partial charge in [-0.2, -0.15) is 0 Å². The summed E-state index contributed by atoms with van der Waals surface area (Å²) in [6.45, 7) is 6.25. The molecule has 0 fully saturated rings. The molecule has 114 valence electrons. The molecule has 0 radical (unpaired) electrons. The lowest BCUT2D eigenvalue weighted by Gasteiger charge is -2.19. The first kappa shape index (κ1) is 14.9. The van der Waals surface area contributed by atoms with Crippen LogP contribution < -0.4 is 0 Å². The van der Waals surface area contributed by atoms with Crippen LogP contribution in [0.5, 0.6) is 0 Å². The maximum Gasteiger partial charge on any atom is 0.222 e. The SMILES string of the molecule is Cc1nc(Cc2nnc(C(C)(C)Cc3ccccc3)o2)cs1. The largest absolute Gasteiger partial charge is 0.424 e. The van der Waals surface area contributed by atoms with Crippen molar-refractivity contribution in [1.29, 1.82) is 0 Å². The normalized spacial score (nSPS) is 11.8. The average Bonchev–Trinajstić information content (AvgIpc) is 3.10. The maximum absolute atomic E-state index is 5.88. The van der Waals surface area contributed by atoms with E-state index in [9.17, 15) is 0 Å². The van der Waals surface area contributed by atoms with Crippen molar-refractivity contribution in [2.75, 3.05) is 0 Å². The molecule has 22 heavy (non-hydrogen) atoms. The van der Waals surface area contributed by atoms with E-state index < -0.39 is 0 Å². The molecule has 0 N–H and O–H groups in total. The molecule has 0 aliphatic heterocycles. The van der Waals surface area contributed by atoms with Crippen molar-refractivity contribution in [3.05, 3.63) is 63.8 Å². The van der Waals surface area contributed by atoms with E-state index in [-0.39, 0.29) is 5.41 Å². The van der Waals surface area contributed by atoms with E-state index >= 15 is 0 Å². The predicted octanol–water partition coefficient (Wildman–Crippen LogP) is 3.95. The Morgan fingerprint density at radius 2 is 1.91 bits per heavy atom. The maximum atomic E-state index is 5.88. The van der Waals surface area contributed by atoms with Crippen LogP contribution in [0, 0.1) is 6.92 Å². The average molecular weight is 313 g/mol. The highest BCUT2D eigenvalue weighted by Crippen LogP contribution is 2.27. The van der Waals surface area contributed by atoms with Crippen molar-refractivity contribution < 1.29 is 4.42 Å². The van der Waals surface area contributed by atoms with Crippen LogP contribution in [0.2, 0.25) is 0 Å². The van der Waals surface area contributed by atoms with Gasteiger partial charge in [-0.1, -0.05) is 44.2 Å². The van der Waals surface area contributed by atoms with Crippen molar-refractivity contribution >= 4 is 11.3 Å². The zero-order valence-corrected chi connectivity index (χ0v) is 13.9. The minimum absolute atomic E-state index is 0.190. The summed E-state index contributed by atoms with van der Waals surface area (Å²) < 4.78 is 5.88. The monoisotopic (exact) mass is 313 g/mol. The lowest BCUT2D eigenvalue weighted by atomic mass is 9.86. The molecule has 0 saturated heterocycles. The van der Waals surface area contributed by atoms with Gasteiger partial charge in [0.15, 0.2) is 0 Å². The first-order valence-corrected chi connectivity index (χ1v) is 8.19. The lowest BCUT2D eigenvalue weighted by Crippen LogP contribution is -2.21. The molecular formula is C17H19N3OS. The number of aryl methyl sites for hydroxylation is 1. The standard InChI is InChI=1S/C17H19N3OS/c1-12-18-14(11-22-12)9-15-19-20-16(21-15)17(2,3)10-13-7-5-4-6-8-13/h4-8,11H,9-10H2,1-3H3. The van der Waals surface area contributed by atoms with Gasteiger partial charge in [-0.25, -0.2) is 4.98 Å². The van der Waals surface area contributed by atoms with Crippen molar-refractivity contribution in [2.45, 2.75) is 39.0 Å². The summed E-state index contributed by atoms with van der Waals surface area (Å²) in [6.07, 6.45) is 1.46. The fourth-order valence-electron chi connectivity index (χ4n) is 2.42. The smallest absolute Gasteiger partial charge is 0.222 e. The third kappa shape index (κ3) is 3.42. The molecule has 1 aromatic carbocycles. The van der Waals surface area contributed by atoms with Crippen LogP contribution in [-0.2, 0) is 18.3 Å². The molecule has 0 amide bonds. The minimum atomic E-state index is -0.190. The molecule has 2 aromatic heterocycles. The summed E-state index contributed by atoms with van der Waals surface area (Å²) in [5.74, 6) is 1.31. The Kier molecular flexibility index (Phi) is 4.07. The number of hydrogen-bond acceptors (Lipinski definition) is 5. The summed E-state index contributed by atoms with van der Waals surface area (Å²) in [5, 5.41) is 11.5. The third-order valence-electron chi connectivity index (χ3n) is 3.53. The summed E-state index contributed by atoms with van der Waals surface area (Å²) in [4.78, 5) is 4.44. The van der Waals surface area contributed by atoms with Gasteiger partial charge in [0.2, 0.25) is 11.8 Å². The van der Waals surface area contributed by atoms with Gasteiger partial charge in [-0.05, 0) is 18.9 Å². The van der Waals surface area contributed by atoms with E-state index in [1.165, 1.54) is 5.56 Å². The number of thiazole rings is 1. The highest BCUT2D eigenvalue weighted by molar-refractivity contribution is 7.09. The van der Waals surface area contributed by atoms with E-state index in [4.69, 9.17) is 4.42 Å². The van der Waals surface area contributed by atoms with Gasteiger partial charge in [0.1, 0.15) is 0 Å². The Morgan fingerprint density at radius 3 is 2.59 bits per heavy atom. The molecule has 5 heteroatoms. The molecule has 0 saturated carbocycles. The predicted molar refractivity (Wildman–Crippen MR) is 87.1 cm³/mol. The summed E-state index contributed by atoms with van der Waals surface area (Å²) in [6, 6.07) is 10.4. The molecule has 3 rings (SSSR count). The third-order valence-corrected chi connectivity index (χ3v) is 4.36. The summed E-state index contributed by atoms with van der Waals surface area (Å²) in [7, 11) is 0. The summed E-state index contributed by atoms with van der Waals surface area (Å²) in [5.41, 5.74) is 2.06. The summed E-state index contributed by atoms with van der Waals surface area (Å²) >= 11 is 1.64. The van der Waals surface area contributed by atoms with Gasteiger partial charge < -0.3 is 4.42 Å². The quantitative estimate of drug-likeness (QED) is 0.716. The molecule has 3 aromatic rings.